The van der Waals surface area contributed by atoms with Crippen molar-refractivity contribution in [1.82, 2.24) is 4.98 Å². The first-order valence-electron chi connectivity index (χ1n) is 5.59. The van der Waals surface area contributed by atoms with E-state index in [0.29, 0.717) is 18.0 Å². The van der Waals surface area contributed by atoms with Crippen LogP contribution in [0.5, 0.6) is 11.5 Å². The predicted molar refractivity (Wildman–Crippen MR) is 73.3 cm³/mol. The Hall–Kier alpha value is -1.75. The number of hydrogen-bond donors (Lipinski definition) is 1. The molecule has 0 fully saturated rings. The summed E-state index contributed by atoms with van der Waals surface area (Å²) >= 11 is 1.64. The SMILES string of the molecule is COc1ccc(N)c(OCc2nc(C)c(C)s2)c1. The Labute approximate surface area is 110 Å². The third-order valence-corrected chi connectivity index (χ3v) is 3.69. The summed E-state index contributed by atoms with van der Waals surface area (Å²) in [6, 6.07) is 5.36. The zero-order valence-electron chi connectivity index (χ0n) is 10.7. The molecule has 0 aliphatic heterocycles. The first-order valence-corrected chi connectivity index (χ1v) is 6.41. The number of benzene rings is 1. The maximum atomic E-state index is 5.85. The lowest BCUT2D eigenvalue weighted by Crippen LogP contribution is -1.99. The zero-order valence-corrected chi connectivity index (χ0v) is 11.5. The molecule has 1 aromatic carbocycles. The summed E-state index contributed by atoms with van der Waals surface area (Å²) < 4.78 is 10.8. The highest BCUT2D eigenvalue weighted by Gasteiger charge is 2.07. The summed E-state index contributed by atoms with van der Waals surface area (Å²) in [6.45, 7) is 4.47. The molecule has 2 N–H and O–H groups in total. The van der Waals surface area contributed by atoms with Crippen LogP contribution in [0.2, 0.25) is 0 Å². The van der Waals surface area contributed by atoms with Gasteiger partial charge in [0, 0.05) is 10.9 Å². The predicted octanol–water partition coefficient (Wildman–Crippen LogP) is 2.93. The van der Waals surface area contributed by atoms with E-state index in [-0.39, 0.29) is 0 Å². The number of ether oxygens (including phenoxy) is 2. The summed E-state index contributed by atoms with van der Waals surface area (Å²) in [5, 5.41) is 0.951. The van der Waals surface area contributed by atoms with Crippen molar-refractivity contribution in [2.24, 2.45) is 0 Å². The number of aryl methyl sites for hydroxylation is 2. The first kappa shape index (κ1) is 12.7. The molecule has 1 heterocycles. The van der Waals surface area contributed by atoms with Crippen molar-refractivity contribution in [3.05, 3.63) is 33.8 Å². The number of rotatable bonds is 4. The first-order chi connectivity index (χ1) is 8.60. The molecule has 18 heavy (non-hydrogen) atoms. The van der Waals surface area contributed by atoms with Crippen LogP contribution in [-0.2, 0) is 6.61 Å². The number of anilines is 1. The molecule has 0 saturated heterocycles. The van der Waals surface area contributed by atoms with Gasteiger partial charge in [-0.2, -0.15) is 0 Å². The van der Waals surface area contributed by atoms with Crippen LogP contribution in [0.15, 0.2) is 18.2 Å². The van der Waals surface area contributed by atoms with Gasteiger partial charge in [-0.25, -0.2) is 4.98 Å². The van der Waals surface area contributed by atoms with Crippen molar-refractivity contribution in [3.8, 4) is 11.5 Å². The van der Waals surface area contributed by atoms with Crippen LogP contribution in [0.3, 0.4) is 0 Å². The van der Waals surface area contributed by atoms with Gasteiger partial charge in [0.25, 0.3) is 0 Å². The highest BCUT2D eigenvalue weighted by atomic mass is 32.1. The molecule has 4 nitrogen and oxygen atoms in total. The molecular weight excluding hydrogens is 248 g/mol. The van der Waals surface area contributed by atoms with Gasteiger partial charge in [0.1, 0.15) is 23.1 Å². The molecule has 2 rings (SSSR count). The fourth-order valence-corrected chi connectivity index (χ4v) is 2.35. The molecule has 0 atom stereocenters. The molecule has 0 aliphatic rings. The Morgan fingerprint density at radius 2 is 2.11 bits per heavy atom. The van der Waals surface area contributed by atoms with Crippen LogP contribution in [-0.4, -0.2) is 12.1 Å². The lowest BCUT2D eigenvalue weighted by atomic mass is 10.3. The van der Waals surface area contributed by atoms with Crippen LogP contribution in [0, 0.1) is 13.8 Å². The Morgan fingerprint density at radius 1 is 1.33 bits per heavy atom. The molecule has 2 aromatic rings. The van der Waals surface area contributed by atoms with Gasteiger partial charge in [-0.15, -0.1) is 11.3 Å². The van der Waals surface area contributed by atoms with Crippen molar-refractivity contribution in [3.63, 3.8) is 0 Å². The minimum absolute atomic E-state index is 0.427. The van der Waals surface area contributed by atoms with E-state index in [9.17, 15) is 0 Å². The number of nitrogens with two attached hydrogens (primary N) is 1. The van der Waals surface area contributed by atoms with Gasteiger partial charge in [0.05, 0.1) is 18.5 Å². The maximum Gasteiger partial charge on any atom is 0.146 e. The van der Waals surface area contributed by atoms with Crippen LogP contribution in [0.1, 0.15) is 15.6 Å². The third kappa shape index (κ3) is 2.73. The standard InChI is InChI=1S/C13H16N2O2S/c1-8-9(2)18-13(15-8)7-17-12-6-10(16-3)4-5-11(12)14/h4-6H,7,14H2,1-3H3. The second-order valence-electron chi connectivity index (χ2n) is 3.94. The van der Waals surface area contributed by atoms with Crippen molar-refractivity contribution in [2.45, 2.75) is 20.5 Å². The van der Waals surface area contributed by atoms with E-state index in [4.69, 9.17) is 15.2 Å². The lowest BCUT2D eigenvalue weighted by molar-refractivity contribution is 0.304. The number of aromatic nitrogens is 1. The van der Waals surface area contributed by atoms with E-state index < -0.39 is 0 Å². The number of methoxy groups -OCH3 is 1. The summed E-state index contributed by atoms with van der Waals surface area (Å²) in [6.07, 6.45) is 0. The average molecular weight is 264 g/mol. The maximum absolute atomic E-state index is 5.85. The Bertz CT molecular complexity index is 532. The normalized spacial score (nSPS) is 10.4. The van der Waals surface area contributed by atoms with Gasteiger partial charge in [-0.3, -0.25) is 0 Å². The quantitative estimate of drug-likeness (QED) is 0.863. The van der Waals surface area contributed by atoms with Crippen LogP contribution in [0.25, 0.3) is 0 Å². The van der Waals surface area contributed by atoms with E-state index in [1.165, 1.54) is 4.88 Å². The van der Waals surface area contributed by atoms with E-state index in [0.717, 1.165) is 16.5 Å². The minimum Gasteiger partial charge on any atom is -0.497 e. The van der Waals surface area contributed by atoms with Gasteiger partial charge >= 0.3 is 0 Å². The highest BCUT2D eigenvalue weighted by Crippen LogP contribution is 2.28. The fourth-order valence-electron chi connectivity index (χ4n) is 1.51. The van der Waals surface area contributed by atoms with Gasteiger partial charge in [0.2, 0.25) is 0 Å². The number of nitrogen functional groups attached to an aromatic ring is 1. The third-order valence-electron chi connectivity index (χ3n) is 2.64. The second kappa shape index (κ2) is 5.27. The monoisotopic (exact) mass is 264 g/mol. The highest BCUT2D eigenvalue weighted by molar-refractivity contribution is 7.11. The van der Waals surface area contributed by atoms with E-state index >= 15 is 0 Å². The molecule has 0 aliphatic carbocycles. The molecular formula is C13H16N2O2S. The largest absolute Gasteiger partial charge is 0.497 e. The lowest BCUT2D eigenvalue weighted by Gasteiger charge is -2.09. The Morgan fingerprint density at radius 3 is 2.72 bits per heavy atom. The van der Waals surface area contributed by atoms with Crippen LogP contribution in [0.4, 0.5) is 5.69 Å². The molecule has 1 aromatic heterocycles. The van der Waals surface area contributed by atoms with E-state index in [1.54, 1.807) is 36.6 Å². The van der Waals surface area contributed by atoms with Crippen LogP contribution >= 0.6 is 11.3 Å². The van der Waals surface area contributed by atoms with E-state index in [2.05, 4.69) is 11.9 Å². The van der Waals surface area contributed by atoms with Crippen molar-refractivity contribution in [2.75, 3.05) is 12.8 Å². The molecule has 5 heteroatoms. The van der Waals surface area contributed by atoms with Gasteiger partial charge in [0.15, 0.2) is 0 Å². The summed E-state index contributed by atoms with van der Waals surface area (Å²) in [4.78, 5) is 5.63. The average Bonchev–Trinajstić information content (AvgIpc) is 2.68. The topological polar surface area (TPSA) is 57.4 Å². The zero-order chi connectivity index (χ0) is 13.1. The van der Waals surface area contributed by atoms with E-state index in [1.807, 2.05) is 6.92 Å². The summed E-state index contributed by atoms with van der Waals surface area (Å²) in [7, 11) is 1.61. The number of hydrogen-bond acceptors (Lipinski definition) is 5. The second-order valence-corrected chi connectivity index (χ2v) is 5.23. The summed E-state index contributed by atoms with van der Waals surface area (Å²) in [5.74, 6) is 1.35. The molecule has 0 radical (unpaired) electrons. The molecule has 0 spiro atoms. The van der Waals surface area contributed by atoms with Crippen molar-refractivity contribution >= 4 is 17.0 Å². The van der Waals surface area contributed by atoms with Gasteiger partial charge in [-0.05, 0) is 26.0 Å². The smallest absolute Gasteiger partial charge is 0.146 e. The minimum atomic E-state index is 0.427. The molecule has 0 amide bonds. The van der Waals surface area contributed by atoms with Gasteiger partial charge in [-0.1, -0.05) is 0 Å². The molecule has 96 valence electrons. The Balaban J connectivity index is 2.10. The molecule has 0 unspecified atom stereocenters. The number of nitrogens with zero attached hydrogens (tertiary/aromatic N) is 1. The van der Waals surface area contributed by atoms with Gasteiger partial charge < -0.3 is 15.2 Å². The van der Waals surface area contributed by atoms with Crippen molar-refractivity contribution in [1.29, 1.82) is 0 Å². The van der Waals surface area contributed by atoms with Crippen molar-refractivity contribution < 1.29 is 9.47 Å². The fraction of sp³-hybridized carbons (Fsp3) is 0.308. The summed E-state index contributed by atoms with van der Waals surface area (Å²) in [5.41, 5.74) is 7.50. The molecule has 0 bridgehead atoms. The Kier molecular flexibility index (Phi) is 3.72. The van der Waals surface area contributed by atoms with Crippen LogP contribution < -0.4 is 15.2 Å². The number of thiazole rings is 1. The molecule has 0 saturated carbocycles.